The number of aromatic nitrogens is 1. The predicted octanol–water partition coefficient (Wildman–Crippen LogP) is 2.98. The first kappa shape index (κ1) is 13.3. The summed E-state index contributed by atoms with van der Waals surface area (Å²) in [5, 5.41) is 1.49. The van der Waals surface area contributed by atoms with Crippen molar-refractivity contribution in [1.29, 1.82) is 0 Å². The van der Waals surface area contributed by atoms with Crippen molar-refractivity contribution in [3.8, 4) is 0 Å². The van der Waals surface area contributed by atoms with Crippen LogP contribution in [-0.2, 0) is 17.8 Å². The summed E-state index contributed by atoms with van der Waals surface area (Å²) in [6, 6.07) is 0. The van der Waals surface area contributed by atoms with E-state index in [1.165, 1.54) is 0 Å². The molecule has 3 heterocycles. The highest BCUT2D eigenvalue weighted by molar-refractivity contribution is 5.87. The van der Waals surface area contributed by atoms with Crippen molar-refractivity contribution in [2.45, 2.75) is 46.8 Å². The van der Waals surface area contributed by atoms with Gasteiger partial charge in [0, 0.05) is 29.8 Å². The van der Waals surface area contributed by atoms with Crippen molar-refractivity contribution in [2.24, 2.45) is 5.41 Å². The fourth-order valence-corrected chi connectivity index (χ4v) is 2.77. The maximum atomic E-state index is 12.1. The van der Waals surface area contributed by atoms with Crippen molar-refractivity contribution >= 4 is 10.8 Å². The van der Waals surface area contributed by atoms with Gasteiger partial charge in [-0.25, -0.2) is 4.79 Å². The zero-order valence-electron chi connectivity index (χ0n) is 12.3. The van der Waals surface area contributed by atoms with E-state index in [2.05, 4.69) is 25.8 Å². The molecular formula is C16H19NO3. The second kappa shape index (κ2) is 4.42. The molecule has 1 aliphatic rings. The predicted molar refractivity (Wildman–Crippen MR) is 76.8 cm³/mol. The summed E-state index contributed by atoms with van der Waals surface area (Å²) < 4.78 is 11.5. The van der Waals surface area contributed by atoms with Crippen LogP contribution in [0.5, 0.6) is 0 Å². The Morgan fingerprint density at radius 3 is 2.75 bits per heavy atom. The number of aryl methyl sites for hydroxylation is 1. The van der Waals surface area contributed by atoms with Gasteiger partial charge in [-0.05, 0) is 17.9 Å². The first-order valence-corrected chi connectivity index (χ1v) is 6.88. The molecule has 20 heavy (non-hydrogen) atoms. The molecule has 0 saturated carbocycles. The monoisotopic (exact) mass is 273 g/mol. The van der Waals surface area contributed by atoms with Gasteiger partial charge in [-0.2, -0.15) is 0 Å². The van der Waals surface area contributed by atoms with Crippen LogP contribution in [0.3, 0.4) is 0 Å². The van der Waals surface area contributed by atoms with Crippen LogP contribution >= 0.6 is 0 Å². The van der Waals surface area contributed by atoms with Gasteiger partial charge in [0.05, 0.1) is 18.1 Å². The SMILES string of the molecule is Cc1cncc2c(=O)oc3c(c12)COC(C(C)(C)C)C3. The van der Waals surface area contributed by atoms with E-state index >= 15 is 0 Å². The Bertz CT molecular complexity index is 725. The maximum Gasteiger partial charge on any atom is 0.345 e. The lowest BCUT2D eigenvalue weighted by Gasteiger charge is -2.34. The topological polar surface area (TPSA) is 52.3 Å². The Kier molecular flexibility index (Phi) is 2.94. The Morgan fingerprint density at radius 1 is 1.30 bits per heavy atom. The van der Waals surface area contributed by atoms with Gasteiger partial charge in [0.25, 0.3) is 0 Å². The van der Waals surface area contributed by atoms with Crippen LogP contribution in [-0.4, -0.2) is 11.1 Å². The number of rotatable bonds is 0. The first-order valence-electron chi connectivity index (χ1n) is 6.88. The number of ether oxygens (including phenoxy) is 1. The molecule has 2 aromatic heterocycles. The third kappa shape index (κ3) is 2.04. The second-order valence-corrected chi connectivity index (χ2v) is 6.54. The lowest BCUT2D eigenvalue weighted by molar-refractivity contribution is -0.0427. The lowest BCUT2D eigenvalue weighted by Crippen LogP contribution is -2.35. The van der Waals surface area contributed by atoms with Crippen molar-refractivity contribution in [1.82, 2.24) is 4.98 Å². The van der Waals surface area contributed by atoms with E-state index in [1.807, 2.05) is 6.92 Å². The van der Waals surface area contributed by atoms with E-state index < -0.39 is 0 Å². The van der Waals surface area contributed by atoms with E-state index in [0.717, 1.165) is 22.3 Å². The van der Waals surface area contributed by atoms with Crippen LogP contribution in [0.2, 0.25) is 0 Å². The van der Waals surface area contributed by atoms with Crippen molar-refractivity contribution in [2.75, 3.05) is 0 Å². The molecule has 1 unspecified atom stereocenters. The average molecular weight is 273 g/mol. The Hall–Kier alpha value is -1.68. The quantitative estimate of drug-likeness (QED) is 0.740. The number of hydrogen-bond donors (Lipinski definition) is 0. The smallest absolute Gasteiger partial charge is 0.345 e. The van der Waals surface area contributed by atoms with Crippen LogP contribution in [0.1, 0.15) is 37.7 Å². The fourth-order valence-electron chi connectivity index (χ4n) is 2.77. The molecule has 106 valence electrons. The zero-order chi connectivity index (χ0) is 14.5. The highest BCUT2D eigenvalue weighted by Crippen LogP contribution is 2.34. The maximum absolute atomic E-state index is 12.1. The zero-order valence-corrected chi connectivity index (χ0v) is 12.3. The van der Waals surface area contributed by atoms with Crippen LogP contribution in [0, 0.1) is 12.3 Å². The molecule has 4 heteroatoms. The van der Waals surface area contributed by atoms with Crippen LogP contribution in [0.25, 0.3) is 10.8 Å². The summed E-state index contributed by atoms with van der Waals surface area (Å²) in [6.45, 7) is 8.86. The molecule has 0 N–H and O–H groups in total. The molecule has 4 nitrogen and oxygen atoms in total. The minimum Gasteiger partial charge on any atom is -0.427 e. The van der Waals surface area contributed by atoms with Gasteiger partial charge in [-0.1, -0.05) is 20.8 Å². The van der Waals surface area contributed by atoms with E-state index in [9.17, 15) is 4.79 Å². The van der Waals surface area contributed by atoms with Crippen LogP contribution < -0.4 is 5.63 Å². The molecule has 0 aromatic carbocycles. The molecule has 0 bridgehead atoms. The summed E-state index contributed by atoms with van der Waals surface area (Å²) in [5.74, 6) is 0.767. The minimum atomic E-state index is -0.301. The van der Waals surface area contributed by atoms with E-state index in [1.54, 1.807) is 12.4 Å². The van der Waals surface area contributed by atoms with E-state index in [0.29, 0.717) is 18.4 Å². The molecule has 1 aliphatic heterocycles. The van der Waals surface area contributed by atoms with Gasteiger partial charge in [0.2, 0.25) is 0 Å². The van der Waals surface area contributed by atoms with Gasteiger partial charge >= 0.3 is 5.63 Å². The summed E-state index contributed by atoms with van der Waals surface area (Å²) in [6.07, 6.45) is 4.06. The second-order valence-electron chi connectivity index (χ2n) is 6.54. The summed E-state index contributed by atoms with van der Waals surface area (Å²) >= 11 is 0. The normalized spacial score (nSPS) is 19.1. The van der Waals surface area contributed by atoms with E-state index in [4.69, 9.17) is 9.15 Å². The van der Waals surface area contributed by atoms with E-state index in [-0.39, 0.29) is 17.1 Å². The van der Waals surface area contributed by atoms with Crippen molar-refractivity contribution < 1.29 is 9.15 Å². The van der Waals surface area contributed by atoms with Crippen molar-refractivity contribution in [3.63, 3.8) is 0 Å². The molecule has 0 fully saturated rings. The molecule has 0 radical (unpaired) electrons. The third-order valence-corrected chi connectivity index (χ3v) is 3.98. The fraction of sp³-hybridized carbons (Fsp3) is 0.500. The number of pyridine rings is 1. The van der Waals surface area contributed by atoms with Crippen molar-refractivity contribution in [3.05, 3.63) is 39.7 Å². The summed E-state index contributed by atoms with van der Waals surface area (Å²) in [5.41, 5.74) is 1.72. The molecule has 1 atom stereocenters. The highest BCUT2D eigenvalue weighted by Gasteiger charge is 2.32. The molecular weight excluding hydrogens is 254 g/mol. The van der Waals surface area contributed by atoms with Gasteiger partial charge in [0.15, 0.2) is 0 Å². The summed E-state index contributed by atoms with van der Waals surface area (Å²) in [4.78, 5) is 16.2. The lowest BCUT2D eigenvalue weighted by atomic mass is 9.84. The summed E-state index contributed by atoms with van der Waals surface area (Å²) in [7, 11) is 0. The third-order valence-electron chi connectivity index (χ3n) is 3.98. The van der Waals surface area contributed by atoms with Gasteiger partial charge in [-0.3, -0.25) is 4.98 Å². The number of hydrogen-bond acceptors (Lipinski definition) is 4. The van der Waals surface area contributed by atoms with Gasteiger partial charge < -0.3 is 9.15 Å². The molecule has 0 aliphatic carbocycles. The molecule has 3 rings (SSSR count). The Morgan fingerprint density at radius 2 is 2.05 bits per heavy atom. The number of fused-ring (bicyclic) bond motifs is 3. The van der Waals surface area contributed by atoms with Gasteiger partial charge in [-0.15, -0.1) is 0 Å². The average Bonchev–Trinajstić information content (AvgIpc) is 2.37. The van der Waals surface area contributed by atoms with Gasteiger partial charge in [0.1, 0.15) is 5.76 Å². The molecule has 0 spiro atoms. The molecule has 2 aromatic rings. The largest absolute Gasteiger partial charge is 0.427 e. The minimum absolute atomic E-state index is 0.0263. The molecule has 0 amide bonds. The number of nitrogens with zero attached hydrogens (tertiary/aromatic N) is 1. The Balaban J connectivity index is 2.21. The Labute approximate surface area is 117 Å². The standard InChI is InChI=1S/C16H19NO3/c1-9-6-17-7-10-14(9)11-8-19-13(16(2,3)4)5-12(11)20-15(10)18/h6-7,13H,5,8H2,1-4H3. The molecule has 0 saturated heterocycles. The highest BCUT2D eigenvalue weighted by atomic mass is 16.5. The first-order chi connectivity index (χ1) is 9.38. The van der Waals surface area contributed by atoms with Crippen LogP contribution in [0.15, 0.2) is 21.6 Å². The van der Waals surface area contributed by atoms with Crippen LogP contribution in [0.4, 0.5) is 0 Å².